The molecule has 0 bridgehead atoms. The lowest BCUT2D eigenvalue weighted by molar-refractivity contribution is 1.30. The highest BCUT2D eigenvalue weighted by atomic mass is 32.1. The van der Waals surface area contributed by atoms with E-state index in [0.29, 0.717) is 0 Å². The molecule has 12 aromatic rings. The molecule has 0 atom stereocenters. The van der Waals surface area contributed by atoms with E-state index in [2.05, 4.69) is 229 Å². The smallest absolute Gasteiger partial charge is 0.0554 e. The summed E-state index contributed by atoms with van der Waals surface area (Å²) in [4.78, 5) is 2.45. The van der Waals surface area contributed by atoms with E-state index >= 15 is 0 Å². The van der Waals surface area contributed by atoms with E-state index < -0.39 is 0 Å². The van der Waals surface area contributed by atoms with Crippen LogP contribution in [0, 0.1) is 0 Å². The molecule has 1 heterocycles. The number of hydrogen-bond acceptors (Lipinski definition) is 2. The van der Waals surface area contributed by atoms with E-state index in [9.17, 15) is 0 Å². The molecule has 60 heavy (non-hydrogen) atoms. The molecule has 0 saturated carbocycles. The largest absolute Gasteiger partial charge is 0.310 e. The van der Waals surface area contributed by atoms with Gasteiger partial charge in [-0.25, -0.2) is 0 Å². The van der Waals surface area contributed by atoms with Gasteiger partial charge in [-0.15, -0.1) is 11.3 Å². The number of anilines is 3. The van der Waals surface area contributed by atoms with Gasteiger partial charge < -0.3 is 4.90 Å². The number of nitrogens with zero attached hydrogens (tertiary/aromatic N) is 1. The van der Waals surface area contributed by atoms with Gasteiger partial charge in [-0.3, -0.25) is 0 Å². The van der Waals surface area contributed by atoms with Crippen molar-refractivity contribution in [2.75, 3.05) is 4.90 Å². The van der Waals surface area contributed by atoms with Crippen LogP contribution in [0.1, 0.15) is 0 Å². The summed E-state index contributed by atoms with van der Waals surface area (Å²) in [6.45, 7) is 0. The minimum atomic E-state index is 1.11. The Morgan fingerprint density at radius 1 is 0.300 bits per heavy atom. The third-order valence-electron chi connectivity index (χ3n) is 12.2. The number of thiophene rings is 1. The molecule has 1 aromatic heterocycles. The van der Waals surface area contributed by atoms with E-state index in [-0.39, 0.29) is 0 Å². The Balaban J connectivity index is 0.990. The molecule has 0 saturated heterocycles. The Morgan fingerprint density at radius 3 is 1.72 bits per heavy atom. The molecule has 0 unspecified atom stereocenters. The SMILES string of the molecule is c1cc(-c2ccc(-c3cc4ccccc4c4ccccc34)cc2)cc(N(c2ccc(-c3ccc4ccccc4c3)cc2)c2cccc3sc4c5ccccc5ccc4c23)c1. The van der Waals surface area contributed by atoms with Crippen molar-refractivity contribution in [3.05, 3.63) is 224 Å². The third kappa shape index (κ3) is 5.76. The van der Waals surface area contributed by atoms with Crippen molar-refractivity contribution in [3.8, 4) is 33.4 Å². The zero-order valence-electron chi connectivity index (χ0n) is 32.7. The normalized spacial score (nSPS) is 11.7. The first-order valence-corrected chi connectivity index (χ1v) is 21.4. The Morgan fingerprint density at radius 2 is 0.900 bits per heavy atom. The third-order valence-corrected chi connectivity index (χ3v) is 13.4. The van der Waals surface area contributed by atoms with Crippen molar-refractivity contribution in [3.63, 3.8) is 0 Å². The van der Waals surface area contributed by atoms with Crippen molar-refractivity contribution in [2.45, 2.75) is 0 Å². The average Bonchev–Trinajstić information content (AvgIpc) is 3.72. The summed E-state index contributed by atoms with van der Waals surface area (Å²) < 4.78 is 2.61. The standard InChI is InChI=1S/C58H37NS/c1-2-13-43-35-45(28-25-38(43)11-1)40-29-32-47(33-30-40)59(55-21-10-22-56-57(55)53-34-31-41-12-3-6-18-50(41)58(53)60-56)48-16-9-15-44(36-48)39-23-26-42(27-24-39)54-37-46-14-4-5-17-49(46)51-19-7-8-20-52(51)54/h1-37H. The fourth-order valence-electron chi connectivity index (χ4n) is 9.28. The summed E-state index contributed by atoms with van der Waals surface area (Å²) in [7, 11) is 0. The van der Waals surface area contributed by atoms with Crippen LogP contribution in [0.5, 0.6) is 0 Å². The monoisotopic (exact) mass is 779 g/mol. The first-order valence-electron chi connectivity index (χ1n) is 20.6. The molecule has 2 heteroatoms. The Labute approximate surface area is 352 Å². The summed E-state index contributed by atoms with van der Waals surface area (Å²) in [6.07, 6.45) is 0. The first kappa shape index (κ1) is 34.5. The van der Waals surface area contributed by atoms with Gasteiger partial charge in [0.2, 0.25) is 0 Å². The van der Waals surface area contributed by atoms with Gasteiger partial charge in [0, 0.05) is 31.5 Å². The second-order valence-corrected chi connectivity index (χ2v) is 16.7. The summed E-state index contributed by atoms with van der Waals surface area (Å²) in [5.74, 6) is 0. The van der Waals surface area contributed by atoms with Crippen LogP contribution in [0.2, 0.25) is 0 Å². The van der Waals surface area contributed by atoms with E-state index in [1.54, 1.807) is 0 Å². The second-order valence-electron chi connectivity index (χ2n) is 15.7. The number of benzene rings is 11. The van der Waals surface area contributed by atoms with Crippen LogP contribution in [-0.2, 0) is 0 Å². The molecule has 0 aliphatic heterocycles. The van der Waals surface area contributed by atoms with Gasteiger partial charge in [0.25, 0.3) is 0 Å². The van der Waals surface area contributed by atoms with E-state index in [4.69, 9.17) is 0 Å². The second kappa shape index (κ2) is 14.1. The average molecular weight is 780 g/mol. The maximum Gasteiger partial charge on any atom is 0.0554 e. The van der Waals surface area contributed by atoms with Gasteiger partial charge in [0.05, 0.1) is 5.69 Å². The van der Waals surface area contributed by atoms with Gasteiger partial charge in [0.1, 0.15) is 0 Å². The van der Waals surface area contributed by atoms with Crippen LogP contribution in [0.3, 0.4) is 0 Å². The topological polar surface area (TPSA) is 3.24 Å². The Bertz CT molecular complexity index is 3600. The summed E-state index contributed by atoms with van der Waals surface area (Å²) in [6, 6.07) is 82.5. The van der Waals surface area contributed by atoms with Crippen molar-refractivity contribution in [1.29, 1.82) is 0 Å². The van der Waals surface area contributed by atoms with Gasteiger partial charge in [-0.05, 0) is 125 Å². The van der Waals surface area contributed by atoms with Crippen molar-refractivity contribution in [1.82, 2.24) is 0 Å². The predicted octanol–water partition coefficient (Wildman–Crippen LogP) is 17.1. The fourth-order valence-corrected chi connectivity index (χ4v) is 10.5. The number of rotatable bonds is 6. The van der Waals surface area contributed by atoms with Crippen LogP contribution < -0.4 is 4.90 Å². The lowest BCUT2D eigenvalue weighted by atomic mass is 9.92. The molecule has 12 rings (SSSR count). The molecule has 0 amide bonds. The highest BCUT2D eigenvalue weighted by molar-refractivity contribution is 7.26. The van der Waals surface area contributed by atoms with Crippen LogP contribution in [-0.4, -0.2) is 0 Å². The number of fused-ring (bicyclic) bond motifs is 9. The van der Waals surface area contributed by atoms with Crippen LogP contribution in [0.15, 0.2) is 224 Å². The first-order chi connectivity index (χ1) is 29.7. The van der Waals surface area contributed by atoms with E-state index in [1.807, 2.05) is 11.3 Å². The minimum Gasteiger partial charge on any atom is -0.310 e. The van der Waals surface area contributed by atoms with E-state index in [0.717, 1.165) is 11.4 Å². The zero-order valence-corrected chi connectivity index (χ0v) is 33.5. The summed E-state index contributed by atoms with van der Waals surface area (Å²) in [5.41, 5.74) is 10.6. The number of hydrogen-bond donors (Lipinski definition) is 0. The van der Waals surface area contributed by atoms with Gasteiger partial charge >= 0.3 is 0 Å². The molecule has 0 radical (unpaired) electrons. The molecule has 1 nitrogen and oxygen atoms in total. The quantitative estimate of drug-likeness (QED) is 0.152. The minimum absolute atomic E-state index is 1.11. The molecule has 0 aliphatic rings. The summed E-state index contributed by atoms with van der Waals surface area (Å²) in [5, 5.41) is 12.7. The van der Waals surface area contributed by atoms with E-state index in [1.165, 1.54) is 102 Å². The maximum absolute atomic E-state index is 2.45. The Hall–Kier alpha value is -7.52. The Kier molecular flexibility index (Phi) is 8.11. The molecule has 0 spiro atoms. The highest BCUT2D eigenvalue weighted by Gasteiger charge is 2.20. The summed E-state index contributed by atoms with van der Waals surface area (Å²) >= 11 is 1.89. The molecule has 0 N–H and O–H groups in total. The molecular formula is C58H37NS. The van der Waals surface area contributed by atoms with Crippen LogP contribution in [0.4, 0.5) is 17.1 Å². The van der Waals surface area contributed by atoms with Gasteiger partial charge in [-0.1, -0.05) is 176 Å². The molecular weight excluding hydrogens is 743 g/mol. The van der Waals surface area contributed by atoms with Crippen LogP contribution >= 0.6 is 11.3 Å². The fraction of sp³-hybridized carbons (Fsp3) is 0. The van der Waals surface area contributed by atoms with Crippen molar-refractivity contribution in [2.24, 2.45) is 0 Å². The lowest BCUT2D eigenvalue weighted by Crippen LogP contribution is -2.10. The maximum atomic E-state index is 2.45. The van der Waals surface area contributed by atoms with Gasteiger partial charge in [-0.2, -0.15) is 0 Å². The highest BCUT2D eigenvalue weighted by Crippen LogP contribution is 2.47. The van der Waals surface area contributed by atoms with Crippen molar-refractivity contribution >= 4 is 91.7 Å². The van der Waals surface area contributed by atoms with Crippen LogP contribution in [0.25, 0.3) is 96.6 Å². The molecule has 0 fully saturated rings. The molecule has 280 valence electrons. The predicted molar refractivity (Wildman–Crippen MR) is 260 cm³/mol. The van der Waals surface area contributed by atoms with Crippen molar-refractivity contribution < 1.29 is 0 Å². The van der Waals surface area contributed by atoms with Gasteiger partial charge in [0.15, 0.2) is 0 Å². The molecule has 0 aliphatic carbocycles. The zero-order chi connectivity index (χ0) is 39.6. The lowest BCUT2D eigenvalue weighted by Gasteiger charge is -2.27. The molecule has 11 aromatic carbocycles.